The molecule has 2 nitrogen and oxygen atoms in total. The van der Waals surface area contributed by atoms with Gasteiger partial charge in [-0.25, -0.2) is 4.39 Å². The Hall–Kier alpha value is -3.90. The lowest BCUT2D eigenvalue weighted by molar-refractivity contribution is 0.306. The van der Waals surface area contributed by atoms with Crippen molar-refractivity contribution in [2.75, 3.05) is 0 Å². The van der Waals surface area contributed by atoms with Gasteiger partial charge in [-0.15, -0.1) is 0 Å². The van der Waals surface area contributed by atoms with Crippen LogP contribution in [0.4, 0.5) is 4.39 Å². The smallest absolute Gasteiger partial charge is 0.131 e. The molecule has 0 unspecified atom stereocenters. The van der Waals surface area contributed by atoms with Crippen molar-refractivity contribution in [2.24, 2.45) is 0 Å². The first kappa shape index (κ1) is 18.5. The van der Waals surface area contributed by atoms with Crippen LogP contribution in [0.2, 0.25) is 0 Å². The van der Waals surface area contributed by atoms with E-state index in [1.165, 1.54) is 11.5 Å². The highest BCUT2D eigenvalue weighted by Crippen LogP contribution is 2.27. The number of halogens is 1. The van der Waals surface area contributed by atoms with Crippen LogP contribution in [-0.4, -0.2) is 0 Å². The molecule has 0 saturated carbocycles. The predicted molar refractivity (Wildman–Crippen MR) is 115 cm³/mol. The van der Waals surface area contributed by atoms with Crippen molar-refractivity contribution in [3.05, 3.63) is 114 Å². The number of nitriles is 1. The number of benzene rings is 4. The fraction of sp³-hybridized carbons (Fsp3) is 0.0385. The number of nitrogens with zero attached hydrogens (tertiary/aromatic N) is 1. The number of rotatable bonds is 5. The van der Waals surface area contributed by atoms with Gasteiger partial charge in [0.05, 0.1) is 11.6 Å². The molecule has 0 saturated heterocycles. The van der Waals surface area contributed by atoms with Crippen LogP contribution in [0, 0.1) is 17.1 Å². The minimum atomic E-state index is -0.421. The van der Waals surface area contributed by atoms with Crippen molar-refractivity contribution in [1.29, 1.82) is 5.26 Å². The molecule has 4 aromatic carbocycles. The summed E-state index contributed by atoms with van der Waals surface area (Å²) in [7, 11) is 0. The van der Waals surface area contributed by atoms with E-state index in [1.54, 1.807) is 24.3 Å². The summed E-state index contributed by atoms with van der Waals surface area (Å²) < 4.78 is 20.1. The van der Waals surface area contributed by atoms with Crippen molar-refractivity contribution < 1.29 is 9.13 Å². The van der Waals surface area contributed by atoms with Gasteiger partial charge in [0, 0.05) is 11.1 Å². The van der Waals surface area contributed by atoms with Gasteiger partial charge >= 0.3 is 0 Å². The topological polar surface area (TPSA) is 33.0 Å². The van der Waals surface area contributed by atoms with Crippen molar-refractivity contribution >= 4 is 22.4 Å². The van der Waals surface area contributed by atoms with Crippen molar-refractivity contribution in [2.45, 2.75) is 6.61 Å². The molecule has 0 bridgehead atoms. The highest BCUT2D eigenvalue weighted by atomic mass is 19.1. The zero-order valence-electron chi connectivity index (χ0n) is 15.7. The molecule has 0 N–H and O–H groups in total. The molecule has 0 aromatic heterocycles. The number of fused-ring (bicyclic) bond motifs is 1. The average Bonchev–Trinajstić information content (AvgIpc) is 2.77. The van der Waals surface area contributed by atoms with Gasteiger partial charge in [-0.3, -0.25) is 0 Å². The standard InChI is InChI=1S/C26H18FNO/c27-25-11-5-4-10-24(25)23(17-28)16-22-9-3-6-12-26(22)29-18-19-13-14-20-7-1-2-8-21(20)15-19/h1-16H,18H2/b23-16-. The number of hydrogen-bond donors (Lipinski definition) is 0. The third kappa shape index (κ3) is 4.17. The summed E-state index contributed by atoms with van der Waals surface area (Å²) in [6.07, 6.45) is 1.66. The molecule has 0 radical (unpaired) electrons. The third-order valence-electron chi connectivity index (χ3n) is 4.71. The van der Waals surface area contributed by atoms with Crippen LogP contribution in [0.1, 0.15) is 16.7 Å². The van der Waals surface area contributed by atoms with E-state index in [2.05, 4.69) is 30.3 Å². The minimum absolute atomic E-state index is 0.254. The van der Waals surface area contributed by atoms with Gasteiger partial charge in [-0.2, -0.15) is 5.26 Å². The molecule has 0 aliphatic carbocycles. The van der Waals surface area contributed by atoms with E-state index < -0.39 is 5.82 Å². The molecule has 0 heterocycles. The molecule has 3 heteroatoms. The van der Waals surface area contributed by atoms with E-state index in [0.717, 1.165) is 16.5 Å². The quantitative estimate of drug-likeness (QED) is 0.288. The highest BCUT2D eigenvalue weighted by molar-refractivity contribution is 5.90. The highest BCUT2D eigenvalue weighted by Gasteiger charge is 2.09. The van der Waals surface area contributed by atoms with Crippen LogP contribution in [0.15, 0.2) is 91.0 Å². The van der Waals surface area contributed by atoms with E-state index in [0.29, 0.717) is 12.4 Å². The Balaban J connectivity index is 1.61. The van der Waals surface area contributed by atoms with E-state index in [-0.39, 0.29) is 11.1 Å². The summed E-state index contributed by atoms with van der Waals surface area (Å²) in [4.78, 5) is 0. The summed E-state index contributed by atoms with van der Waals surface area (Å²) in [6, 6.07) is 30.2. The van der Waals surface area contributed by atoms with E-state index >= 15 is 0 Å². The molecule has 0 atom stereocenters. The van der Waals surface area contributed by atoms with Crippen LogP contribution >= 0.6 is 0 Å². The fourth-order valence-electron chi connectivity index (χ4n) is 3.23. The second-order valence-corrected chi connectivity index (χ2v) is 6.66. The molecule has 0 fully saturated rings. The van der Waals surface area contributed by atoms with Gasteiger partial charge in [-0.1, -0.05) is 72.8 Å². The number of hydrogen-bond acceptors (Lipinski definition) is 2. The van der Waals surface area contributed by atoms with E-state index in [4.69, 9.17) is 4.74 Å². The molecule has 29 heavy (non-hydrogen) atoms. The first-order valence-electron chi connectivity index (χ1n) is 9.31. The SMILES string of the molecule is N#C/C(=C/c1ccccc1OCc1ccc2ccccc2c1)c1ccccc1F. The van der Waals surface area contributed by atoms with E-state index in [1.807, 2.05) is 42.5 Å². The van der Waals surface area contributed by atoms with E-state index in [9.17, 15) is 9.65 Å². The number of allylic oxidation sites excluding steroid dienone is 1. The summed E-state index contributed by atoms with van der Waals surface area (Å²) in [5.74, 6) is 0.222. The first-order chi connectivity index (χ1) is 14.2. The monoisotopic (exact) mass is 379 g/mol. The lowest BCUT2D eigenvalue weighted by Gasteiger charge is -2.11. The van der Waals surface area contributed by atoms with Crippen LogP contribution in [0.3, 0.4) is 0 Å². The maximum Gasteiger partial charge on any atom is 0.131 e. The largest absolute Gasteiger partial charge is 0.488 e. The predicted octanol–water partition coefficient (Wildman–Crippen LogP) is 6.62. The average molecular weight is 379 g/mol. The Morgan fingerprint density at radius 3 is 2.41 bits per heavy atom. The Morgan fingerprint density at radius 1 is 0.862 bits per heavy atom. The fourth-order valence-corrected chi connectivity index (χ4v) is 3.23. The lowest BCUT2D eigenvalue weighted by atomic mass is 10.0. The molecule has 4 rings (SSSR count). The molecular weight excluding hydrogens is 361 g/mol. The summed E-state index contributed by atoms with van der Waals surface area (Å²) in [5, 5.41) is 11.9. The Morgan fingerprint density at radius 2 is 1.59 bits per heavy atom. The summed E-state index contributed by atoms with van der Waals surface area (Å²) in [5.41, 5.74) is 2.31. The van der Waals surface area contributed by atoms with Crippen molar-refractivity contribution in [3.8, 4) is 11.8 Å². The maximum absolute atomic E-state index is 14.1. The van der Waals surface area contributed by atoms with Crippen LogP contribution in [-0.2, 0) is 6.61 Å². The zero-order valence-corrected chi connectivity index (χ0v) is 15.7. The second-order valence-electron chi connectivity index (χ2n) is 6.66. The molecular formula is C26H18FNO. The summed E-state index contributed by atoms with van der Waals surface area (Å²) in [6.45, 7) is 0.400. The molecule has 0 aliphatic rings. The molecule has 4 aromatic rings. The Labute approximate surface area is 169 Å². The van der Waals surface area contributed by atoms with Crippen LogP contribution < -0.4 is 4.74 Å². The molecule has 140 valence electrons. The molecule has 0 spiro atoms. The number of ether oxygens (including phenoxy) is 1. The molecule has 0 aliphatic heterocycles. The normalized spacial score (nSPS) is 11.2. The second kappa shape index (κ2) is 8.41. The Kier molecular flexibility index (Phi) is 5.36. The van der Waals surface area contributed by atoms with Gasteiger partial charge in [0.1, 0.15) is 18.2 Å². The minimum Gasteiger partial charge on any atom is -0.488 e. The van der Waals surface area contributed by atoms with Crippen molar-refractivity contribution in [1.82, 2.24) is 0 Å². The van der Waals surface area contributed by atoms with Crippen molar-refractivity contribution in [3.63, 3.8) is 0 Å². The van der Waals surface area contributed by atoms with Gasteiger partial charge in [-0.05, 0) is 40.6 Å². The summed E-state index contributed by atoms with van der Waals surface area (Å²) >= 11 is 0. The zero-order chi connectivity index (χ0) is 20.1. The van der Waals surface area contributed by atoms with Crippen LogP contribution in [0.25, 0.3) is 22.4 Å². The number of para-hydroxylation sites is 1. The van der Waals surface area contributed by atoms with Gasteiger partial charge in [0.25, 0.3) is 0 Å². The van der Waals surface area contributed by atoms with Gasteiger partial charge in [0.15, 0.2) is 0 Å². The first-order valence-corrected chi connectivity index (χ1v) is 9.31. The van der Waals surface area contributed by atoms with Crippen LogP contribution in [0.5, 0.6) is 5.75 Å². The Bertz CT molecular complexity index is 1240. The van der Waals surface area contributed by atoms with Gasteiger partial charge < -0.3 is 4.74 Å². The lowest BCUT2D eigenvalue weighted by Crippen LogP contribution is -1.97. The van der Waals surface area contributed by atoms with Gasteiger partial charge in [0.2, 0.25) is 0 Å². The molecule has 0 amide bonds. The third-order valence-corrected chi connectivity index (χ3v) is 4.71. The maximum atomic E-state index is 14.1.